The number of rotatable bonds is 4. The predicted molar refractivity (Wildman–Crippen MR) is 74.9 cm³/mol. The standard InChI is InChI=1S/C14H14N2OS/c1-10-3-6-13(7-4-10)18-16-14-8-5-12(9-15-14)11(2)17/h3-9H,1-2H3,(H,15,16). The molecule has 3 nitrogen and oxygen atoms in total. The smallest absolute Gasteiger partial charge is 0.161 e. The highest BCUT2D eigenvalue weighted by Gasteiger charge is 2.00. The molecule has 0 atom stereocenters. The quantitative estimate of drug-likeness (QED) is 0.670. The lowest BCUT2D eigenvalue weighted by atomic mass is 10.2. The molecule has 1 heterocycles. The minimum atomic E-state index is 0.0280. The van der Waals surface area contributed by atoms with E-state index in [-0.39, 0.29) is 5.78 Å². The van der Waals surface area contributed by atoms with Gasteiger partial charge in [0.15, 0.2) is 5.78 Å². The van der Waals surface area contributed by atoms with Crippen molar-refractivity contribution >= 4 is 23.5 Å². The molecule has 0 unspecified atom stereocenters. The molecule has 0 aliphatic rings. The summed E-state index contributed by atoms with van der Waals surface area (Å²) in [6, 6.07) is 11.8. The molecule has 1 aromatic heterocycles. The lowest BCUT2D eigenvalue weighted by Crippen LogP contribution is -1.95. The molecule has 0 amide bonds. The number of hydrogen-bond donors (Lipinski definition) is 1. The van der Waals surface area contributed by atoms with Crippen molar-refractivity contribution < 1.29 is 4.79 Å². The number of nitrogens with zero attached hydrogens (tertiary/aromatic N) is 1. The van der Waals surface area contributed by atoms with Crippen molar-refractivity contribution in [1.29, 1.82) is 0 Å². The van der Waals surface area contributed by atoms with Crippen LogP contribution in [0, 0.1) is 6.92 Å². The average molecular weight is 258 g/mol. The second-order valence-corrected chi connectivity index (χ2v) is 4.89. The number of aryl methyl sites for hydroxylation is 1. The first-order valence-electron chi connectivity index (χ1n) is 5.61. The molecule has 0 radical (unpaired) electrons. The van der Waals surface area contributed by atoms with Gasteiger partial charge in [-0.05, 0) is 50.1 Å². The first kappa shape index (κ1) is 12.6. The Kier molecular flexibility index (Phi) is 3.99. The first-order chi connectivity index (χ1) is 8.65. The van der Waals surface area contributed by atoms with Crippen LogP contribution in [0.2, 0.25) is 0 Å². The highest BCUT2D eigenvalue weighted by Crippen LogP contribution is 2.20. The highest BCUT2D eigenvalue weighted by molar-refractivity contribution is 8.00. The van der Waals surface area contributed by atoms with Gasteiger partial charge < -0.3 is 4.72 Å². The van der Waals surface area contributed by atoms with Gasteiger partial charge in [0.2, 0.25) is 0 Å². The normalized spacial score (nSPS) is 10.1. The van der Waals surface area contributed by atoms with Crippen molar-refractivity contribution in [3.63, 3.8) is 0 Å². The van der Waals surface area contributed by atoms with Gasteiger partial charge in [-0.3, -0.25) is 4.79 Å². The fourth-order valence-corrected chi connectivity index (χ4v) is 2.00. The summed E-state index contributed by atoms with van der Waals surface area (Å²) < 4.78 is 3.14. The lowest BCUT2D eigenvalue weighted by Gasteiger charge is -2.05. The van der Waals surface area contributed by atoms with Gasteiger partial charge in [0.1, 0.15) is 5.82 Å². The van der Waals surface area contributed by atoms with Crippen LogP contribution in [-0.2, 0) is 0 Å². The summed E-state index contributed by atoms with van der Waals surface area (Å²) in [7, 11) is 0. The summed E-state index contributed by atoms with van der Waals surface area (Å²) in [5.74, 6) is 0.769. The third kappa shape index (κ3) is 3.34. The van der Waals surface area contributed by atoms with Gasteiger partial charge >= 0.3 is 0 Å². The van der Waals surface area contributed by atoms with E-state index in [4.69, 9.17) is 0 Å². The van der Waals surface area contributed by atoms with Crippen LogP contribution in [-0.4, -0.2) is 10.8 Å². The Morgan fingerprint density at radius 3 is 2.44 bits per heavy atom. The Bertz CT molecular complexity index is 535. The largest absolute Gasteiger partial charge is 0.310 e. The molecule has 0 aliphatic carbocycles. The van der Waals surface area contributed by atoms with Crippen molar-refractivity contribution in [2.75, 3.05) is 4.72 Å². The summed E-state index contributed by atoms with van der Waals surface area (Å²) in [5, 5.41) is 0. The van der Waals surface area contributed by atoms with Crippen LogP contribution in [0.15, 0.2) is 47.5 Å². The van der Waals surface area contributed by atoms with Crippen molar-refractivity contribution in [1.82, 2.24) is 4.98 Å². The molecule has 2 aromatic rings. The molecule has 0 spiro atoms. The summed E-state index contributed by atoms with van der Waals surface area (Å²) in [6.45, 7) is 3.59. The van der Waals surface area contributed by atoms with E-state index in [9.17, 15) is 4.79 Å². The van der Waals surface area contributed by atoms with E-state index in [1.807, 2.05) is 0 Å². The van der Waals surface area contributed by atoms with Crippen LogP contribution in [0.4, 0.5) is 5.82 Å². The van der Waals surface area contributed by atoms with Crippen LogP contribution in [0.25, 0.3) is 0 Å². The lowest BCUT2D eigenvalue weighted by molar-refractivity contribution is 0.101. The molecule has 92 valence electrons. The van der Waals surface area contributed by atoms with Crippen LogP contribution in [0.5, 0.6) is 0 Å². The molecule has 4 heteroatoms. The minimum Gasteiger partial charge on any atom is -0.310 e. The van der Waals surface area contributed by atoms with Crippen molar-refractivity contribution in [2.45, 2.75) is 18.7 Å². The fourth-order valence-electron chi connectivity index (χ4n) is 1.38. The van der Waals surface area contributed by atoms with Crippen molar-refractivity contribution in [2.24, 2.45) is 0 Å². The van der Waals surface area contributed by atoms with Crippen LogP contribution in [0.1, 0.15) is 22.8 Å². The maximum absolute atomic E-state index is 11.1. The van der Waals surface area contributed by atoms with E-state index in [0.29, 0.717) is 5.56 Å². The predicted octanol–water partition coefficient (Wildman–Crippen LogP) is 3.71. The number of benzene rings is 1. The second kappa shape index (κ2) is 5.69. The van der Waals surface area contributed by atoms with Crippen molar-refractivity contribution in [3.05, 3.63) is 53.7 Å². The molecule has 0 saturated carbocycles. The Morgan fingerprint density at radius 1 is 1.17 bits per heavy atom. The number of hydrogen-bond acceptors (Lipinski definition) is 4. The number of ketones is 1. The molecule has 0 aliphatic heterocycles. The van der Waals surface area contributed by atoms with E-state index in [1.165, 1.54) is 24.4 Å². The molecule has 0 saturated heterocycles. The maximum atomic E-state index is 11.1. The number of nitrogens with one attached hydrogen (secondary N) is 1. The van der Waals surface area contributed by atoms with Gasteiger partial charge in [0.05, 0.1) is 0 Å². The Labute approximate surface area is 111 Å². The van der Waals surface area contributed by atoms with Crippen LogP contribution >= 0.6 is 11.9 Å². The van der Waals surface area contributed by atoms with Gasteiger partial charge in [-0.1, -0.05) is 17.7 Å². The molecule has 18 heavy (non-hydrogen) atoms. The van der Waals surface area contributed by atoms with E-state index >= 15 is 0 Å². The van der Waals surface area contributed by atoms with Gasteiger partial charge in [0.25, 0.3) is 0 Å². The number of anilines is 1. The molecular formula is C14H14N2OS. The summed E-state index contributed by atoms with van der Waals surface area (Å²) in [4.78, 5) is 16.4. The fraction of sp³-hybridized carbons (Fsp3) is 0.143. The van der Waals surface area contributed by atoms with Gasteiger partial charge in [-0.15, -0.1) is 0 Å². The van der Waals surface area contributed by atoms with Gasteiger partial charge in [-0.25, -0.2) is 4.98 Å². The summed E-state index contributed by atoms with van der Waals surface area (Å²) in [6.07, 6.45) is 1.58. The number of carbonyl (C=O) groups is 1. The van der Waals surface area contributed by atoms with Gasteiger partial charge in [0, 0.05) is 16.7 Å². The van der Waals surface area contributed by atoms with Crippen LogP contribution in [0.3, 0.4) is 0 Å². The van der Waals surface area contributed by atoms with E-state index < -0.39 is 0 Å². The zero-order valence-corrected chi connectivity index (χ0v) is 11.1. The monoisotopic (exact) mass is 258 g/mol. The second-order valence-electron chi connectivity index (χ2n) is 4.01. The number of pyridine rings is 1. The average Bonchev–Trinajstić information content (AvgIpc) is 2.38. The Morgan fingerprint density at radius 2 is 1.89 bits per heavy atom. The maximum Gasteiger partial charge on any atom is 0.161 e. The first-order valence-corrected chi connectivity index (χ1v) is 6.43. The minimum absolute atomic E-state index is 0.0280. The number of carbonyl (C=O) groups excluding carboxylic acids is 1. The van der Waals surface area contributed by atoms with Crippen molar-refractivity contribution in [3.8, 4) is 0 Å². The van der Waals surface area contributed by atoms with Crippen LogP contribution < -0.4 is 4.72 Å². The zero-order valence-electron chi connectivity index (χ0n) is 10.3. The number of Topliss-reactive ketones (excluding diaryl/α,β-unsaturated/α-hetero) is 1. The summed E-state index contributed by atoms with van der Waals surface area (Å²) >= 11 is 1.50. The van der Waals surface area contributed by atoms with Gasteiger partial charge in [-0.2, -0.15) is 0 Å². The molecule has 0 bridgehead atoms. The molecule has 0 fully saturated rings. The number of aromatic nitrogens is 1. The highest BCUT2D eigenvalue weighted by atomic mass is 32.2. The third-order valence-electron chi connectivity index (χ3n) is 2.46. The topological polar surface area (TPSA) is 42.0 Å². The van der Waals surface area contributed by atoms with E-state index in [1.54, 1.807) is 18.3 Å². The molecule has 2 rings (SSSR count). The van der Waals surface area contributed by atoms with E-state index in [2.05, 4.69) is 40.9 Å². The third-order valence-corrected chi connectivity index (χ3v) is 3.28. The molecule has 1 N–H and O–H groups in total. The van der Waals surface area contributed by atoms with E-state index in [0.717, 1.165) is 10.7 Å². The molecular weight excluding hydrogens is 244 g/mol. The Balaban J connectivity index is 1.97. The molecule has 1 aromatic carbocycles. The summed E-state index contributed by atoms with van der Waals surface area (Å²) in [5.41, 5.74) is 1.86. The zero-order chi connectivity index (χ0) is 13.0. The SMILES string of the molecule is CC(=O)c1ccc(NSc2ccc(C)cc2)nc1. The Hall–Kier alpha value is -1.81.